The maximum atomic E-state index is 12.9. The summed E-state index contributed by atoms with van der Waals surface area (Å²) in [5.74, 6) is 0.403. The highest BCUT2D eigenvalue weighted by atomic mass is 16.5. The number of amides is 2. The number of fused-ring (bicyclic) bond motifs is 1. The Kier molecular flexibility index (Phi) is 4.36. The lowest BCUT2D eigenvalue weighted by atomic mass is 9.86. The molecule has 0 spiro atoms. The molecule has 2 heterocycles. The van der Waals surface area contributed by atoms with Crippen LogP contribution >= 0.6 is 0 Å². The molecule has 6 heteroatoms. The van der Waals surface area contributed by atoms with Gasteiger partial charge in [0, 0.05) is 13.1 Å². The molecule has 1 aliphatic carbocycles. The first-order chi connectivity index (χ1) is 12.6. The van der Waals surface area contributed by atoms with Crippen LogP contribution in [0.4, 0.5) is 5.69 Å². The Hall–Kier alpha value is -2.47. The van der Waals surface area contributed by atoms with Crippen molar-refractivity contribution in [1.82, 2.24) is 4.90 Å². The van der Waals surface area contributed by atoms with E-state index in [-0.39, 0.29) is 24.3 Å². The quantitative estimate of drug-likeness (QED) is 0.472. The molecule has 0 aromatic heterocycles. The van der Waals surface area contributed by atoms with Gasteiger partial charge in [-0.3, -0.25) is 14.5 Å². The summed E-state index contributed by atoms with van der Waals surface area (Å²) in [6, 6.07) is 6.03. The molecule has 3 aliphatic rings. The average molecular weight is 354 g/mol. The fourth-order valence-electron chi connectivity index (χ4n) is 4.34. The Morgan fingerprint density at radius 1 is 1.04 bits per heavy atom. The molecule has 2 aliphatic heterocycles. The van der Waals surface area contributed by atoms with Crippen LogP contribution in [-0.4, -0.2) is 48.9 Å². The van der Waals surface area contributed by atoms with Gasteiger partial charge in [0.1, 0.15) is 0 Å². The minimum atomic E-state index is -0.443. The van der Waals surface area contributed by atoms with Crippen molar-refractivity contribution < 1.29 is 19.1 Å². The molecule has 2 amide bonds. The van der Waals surface area contributed by atoms with E-state index in [1.807, 2.05) is 0 Å². The lowest BCUT2D eigenvalue weighted by Crippen LogP contribution is -2.41. The summed E-state index contributed by atoms with van der Waals surface area (Å²) >= 11 is 0. The van der Waals surface area contributed by atoms with Crippen LogP contribution in [0.5, 0.6) is 0 Å². The van der Waals surface area contributed by atoms with Crippen molar-refractivity contribution in [3.05, 3.63) is 42.0 Å². The number of imide groups is 1. The van der Waals surface area contributed by atoms with Crippen molar-refractivity contribution >= 4 is 23.5 Å². The summed E-state index contributed by atoms with van der Waals surface area (Å²) in [6.45, 7) is 1.77. The number of esters is 1. The van der Waals surface area contributed by atoms with E-state index in [1.54, 1.807) is 24.3 Å². The summed E-state index contributed by atoms with van der Waals surface area (Å²) in [6.07, 6.45) is 6.80. The van der Waals surface area contributed by atoms with E-state index in [9.17, 15) is 14.4 Å². The van der Waals surface area contributed by atoms with Gasteiger partial charge in [0.25, 0.3) is 5.91 Å². The Labute approximate surface area is 152 Å². The Balaban J connectivity index is 1.50. The zero-order valence-electron chi connectivity index (χ0n) is 14.8. The van der Waals surface area contributed by atoms with Crippen LogP contribution in [0.3, 0.4) is 0 Å². The van der Waals surface area contributed by atoms with Crippen LogP contribution in [0, 0.1) is 11.8 Å². The van der Waals surface area contributed by atoms with E-state index in [1.165, 1.54) is 12.0 Å². The second kappa shape index (κ2) is 6.68. The third-order valence-corrected chi connectivity index (χ3v) is 5.76. The van der Waals surface area contributed by atoms with E-state index in [2.05, 4.69) is 21.8 Å². The van der Waals surface area contributed by atoms with Crippen molar-refractivity contribution in [2.45, 2.75) is 25.3 Å². The standard InChI is InChI=1S/C20H22N2O4/c1-26-20(25)13-6-8-16(9-7-13)22-18(23)10-17(19(22)24)21-11-14-4-2-3-5-15(14)12-21/h2-3,6-9,14-15,17H,4-5,10-12H2,1H3/t14-,15+,17-/m1/s1. The molecule has 0 N–H and O–H groups in total. The molecule has 3 atom stereocenters. The van der Waals surface area contributed by atoms with Gasteiger partial charge in [-0.15, -0.1) is 0 Å². The second-order valence-electron chi connectivity index (χ2n) is 7.24. The minimum Gasteiger partial charge on any atom is -0.465 e. The molecule has 26 heavy (non-hydrogen) atoms. The van der Waals surface area contributed by atoms with Crippen LogP contribution < -0.4 is 4.90 Å². The van der Waals surface area contributed by atoms with Crippen molar-refractivity contribution in [3.63, 3.8) is 0 Å². The number of allylic oxidation sites excluding steroid dienone is 2. The molecule has 0 saturated carbocycles. The number of hydrogen-bond acceptors (Lipinski definition) is 5. The molecule has 0 unspecified atom stereocenters. The molecular weight excluding hydrogens is 332 g/mol. The average Bonchev–Trinajstić information content (AvgIpc) is 3.21. The minimum absolute atomic E-state index is 0.160. The van der Waals surface area contributed by atoms with Gasteiger partial charge in [-0.2, -0.15) is 0 Å². The number of rotatable bonds is 3. The van der Waals surface area contributed by atoms with Gasteiger partial charge >= 0.3 is 5.97 Å². The van der Waals surface area contributed by atoms with E-state index in [0.29, 0.717) is 23.1 Å². The maximum Gasteiger partial charge on any atom is 0.337 e. The molecule has 2 saturated heterocycles. The summed E-state index contributed by atoms with van der Waals surface area (Å²) < 4.78 is 4.68. The van der Waals surface area contributed by atoms with Gasteiger partial charge < -0.3 is 4.74 Å². The lowest BCUT2D eigenvalue weighted by molar-refractivity contribution is -0.122. The van der Waals surface area contributed by atoms with Gasteiger partial charge in [0.15, 0.2) is 0 Å². The molecule has 136 valence electrons. The summed E-state index contributed by atoms with van der Waals surface area (Å²) in [5.41, 5.74) is 0.899. The molecule has 6 nitrogen and oxygen atoms in total. The third-order valence-electron chi connectivity index (χ3n) is 5.76. The Bertz CT molecular complexity index is 755. The predicted molar refractivity (Wildman–Crippen MR) is 95.6 cm³/mol. The third kappa shape index (κ3) is 2.84. The molecule has 2 fully saturated rings. The van der Waals surface area contributed by atoms with Crippen molar-refractivity contribution in [2.75, 3.05) is 25.1 Å². The van der Waals surface area contributed by atoms with Gasteiger partial charge in [-0.25, -0.2) is 9.69 Å². The summed E-state index contributed by atoms with van der Waals surface area (Å²) in [4.78, 5) is 40.4. The highest BCUT2D eigenvalue weighted by molar-refractivity contribution is 6.22. The molecule has 1 aromatic rings. The van der Waals surface area contributed by atoms with Crippen molar-refractivity contribution in [1.29, 1.82) is 0 Å². The fourth-order valence-corrected chi connectivity index (χ4v) is 4.34. The number of carbonyl (C=O) groups excluding carboxylic acids is 3. The number of benzene rings is 1. The van der Waals surface area contributed by atoms with E-state index in [0.717, 1.165) is 25.9 Å². The monoisotopic (exact) mass is 354 g/mol. The SMILES string of the molecule is COC(=O)c1ccc(N2C(=O)C[C@@H](N3C[C@H]4CC=CC[C@H]4C3)C2=O)cc1. The van der Waals surface area contributed by atoms with Gasteiger partial charge in [0.05, 0.1) is 30.8 Å². The Morgan fingerprint density at radius 3 is 2.23 bits per heavy atom. The Morgan fingerprint density at radius 2 is 1.65 bits per heavy atom. The largest absolute Gasteiger partial charge is 0.465 e. The number of methoxy groups -OCH3 is 1. The topological polar surface area (TPSA) is 66.9 Å². The first kappa shape index (κ1) is 17.0. The van der Waals surface area contributed by atoms with Gasteiger partial charge in [-0.05, 0) is 48.9 Å². The first-order valence-electron chi connectivity index (χ1n) is 9.02. The lowest BCUT2D eigenvalue weighted by Gasteiger charge is -2.22. The van der Waals surface area contributed by atoms with Gasteiger partial charge in [-0.1, -0.05) is 12.2 Å². The number of nitrogens with zero attached hydrogens (tertiary/aromatic N) is 2. The van der Waals surface area contributed by atoms with Crippen LogP contribution in [0.1, 0.15) is 29.6 Å². The predicted octanol–water partition coefficient (Wildman–Crippen LogP) is 2.00. The van der Waals surface area contributed by atoms with Gasteiger partial charge in [0.2, 0.25) is 5.91 Å². The zero-order chi connectivity index (χ0) is 18.3. The van der Waals surface area contributed by atoms with Crippen LogP contribution in [0.2, 0.25) is 0 Å². The maximum absolute atomic E-state index is 12.9. The number of likely N-dealkylation sites (tertiary alicyclic amines) is 1. The van der Waals surface area contributed by atoms with E-state index >= 15 is 0 Å². The smallest absolute Gasteiger partial charge is 0.337 e. The molecule has 1 aromatic carbocycles. The molecule has 0 bridgehead atoms. The van der Waals surface area contributed by atoms with Crippen molar-refractivity contribution in [2.24, 2.45) is 11.8 Å². The van der Waals surface area contributed by atoms with Crippen molar-refractivity contribution in [3.8, 4) is 0 Å². The number of anilines is 1. The molecular formula is C20H22N2O4. The molecule has 0 radical (unpaired) electrons. The summed E-state index contributed by atoms with van der Waals surface area (Å²) in [5, 5.41) is 0. The molecule has 4 rings (SSSR count). The van der Waals surface area contributed by atoms with Crippen LogP contribution in [-0.2, 0) is 14.3 Å². The summed E-state index contributed by atoms with van der Waals surface area (Å²) in [7, 11) is 1.32. The number of carbonyl (C=O) groups is 3. The van der Waals surface area contributed by atoms with E-state index < -0.39 is 5.97 Å². The first-order valence-corrected chi connectivity index (χ1v) is 9.02. The van der Waals surface area contributed by atoms with Crippen LogP contribution in [0.15, 0.2) is 36.4 Å². The number of hydrogen-bond donors (Lipinski definition) is 0. The van der Waals surface area contributed by atoms with Crippen LogP contribution in [0.25, 0.3) is 0 Å². The zero-order valence-corrected chi connectivity index (χ0v) is 14.8. The normalized spacial score (nSPS) is 28.5. The highest BCUT2D eigenvalue weighted by Gasteiger charge is 2.46. The second-order valence-corrected chi connectivity index (χ2v) is 7.24. The fraction of sp³-hybridized carbons (Fsp3) is 0.450. The van der Waals surface area contributed by atoms with E-state index in [4.69, 9.17) is 0 Å². The number of ether oxygens (including phenoxy) is 1. The highest BCUT2D eigenvalue weighted by Crippen LogP contribution is 2.36.